The second kappa shape index (κ2) is 6.84. The Morgan fingerprint density at radius 1 is 1.53 bits per heavy atom. The summed E-state index contributed by atoms with van der Waals surface area (Å²) in [6.07, 6.45) is 1.66. The van der Waals surface area contributed by atoms with E-state index in [1.807, 2.05) is 6.92 Å². The molecule has 0 bridgehead atoms. The molecule has 106 valence electrons. The van der Waals surface area contributed by atoms with Crippen molar-refractivity contribution in [3.63, 3.8) is 0 Å². The van der Waals surface area contributed by atoms with Crippen molar-refractivity contribution in [1.29, 1.82) is 0 Å². The van der Waals surface area contributed by atoms with Crippen molar-refractivity contribution < 1.29 is 15.0 Å². The molecule has 0 saturated heterocycles. The number of aliphatic hydroxyl groups excluding tert-OH is 1. The minimum Gasteiger partial charge on any atom is -0.393 e. The van der Waals surface area contributed by atoms with Gasteiger partial charge in [-0.1, -0.05) is 24.9 Å². The summed E-state index contributed by atoms with van der Waals surface area (Å²) in [7, 11) is 0. The standard InChI is InChI=1S/C13H19ClN2O3/c1-3-4-10-5-9(6-11(14)16-10)12(18)15-7-13(2,19)8-17/h5-6,17,19H,3-4,7-8H2,1-2H3,(H,15,18). The van der Waals surface area contributed by atoms with Gasteiger partial charge in [0.2, 0.25) is 0 Å². The van der Waals surface area contributed by atoms with Gasteiger partial charge in [-0.25, -0.2) is 4.98 Å². The van der Waals surface area contributed by atoms with Gasteiger partial charge in [0.25, 0.3) is 5.91 Å². The molecule has 6 heteroatoms. The topological polar surface area (TPSA) is 82.5 Å². The number of pyridine rings is 1. The maximum atomic E-state index is 11.9. The van der Waals surface area contributed by atoms with Crippen molar-refractivity contribution in [2.45, 2.75) is 32.3 Å². The molecule has 0 radical (unpaired) electrons. The van der Waals surface area contributed by atoms with E-state index >= 15 is 0 Å². The lowest BCUT2D eigenvalue weighted by atomic mass is 10.1. The van der Waals surface area contributed by atoms with E-state index in [0.29, 0.717) is 5.56 Å². The Hall–Kier alpha value is -1.17. The summed E-state index contributed by atoms with van der Waals surface area (Å²) >= 11 is 5.87. The first-order chi connectivity index (χ1) is 8.88. The highest BCUT2D eigenvalue weighted by molar-refractivity contribution is 6.29. The zero-order chi connectivity index (χ0) is 14.5. The predicted octanol–water partition coefficient (Wildman–Crippen LogP) is 1.16. The molecular weight excluding hydrogens is 268 g/mol. The molecule has 1 amide bonds. The molecule has 0 spiro atoms. The van der Waals surface area contributed by atoms with Crippen LogP contribution in [0.15, 0.2) is 12.1 Å². The number of hydrogen-bond acceptors (Lipinski definition) is 4. The smallest absolute Gasteiger partial charge is 0.251 e. The summed E-state index contributed by atoms with van der Waals surface area (Å²) in [5.41, 5.74) is -0.176. The van der Waals surface area contributed by atoms with Gasteiger partial charge >= 0.3 is 0 Å². The fourth-order valence-corrected chi connectivity index (χ4v) is 1.72. The van der Waals surface area contributed by atoms with Crippen LogP contribution in [0.25, 0.3) is 0 Å². The van der Waals surface area contributed by atoms with E-state index < -0.39 is 12.2 Å². The van der Waals surface area contributed by atoms with Crippen LogP contribution in [0.5, 0.6) is 0 Å². The fourth-order valence-electron chi connectivity index (χ4n) is 1.50. The van der Waals surface area contributed by atoms with E-state index in [4.69, 9.17) is 16.7 Å². The molecule has 1 atom stereocenters. The lowest BCUT2D eigenvalue weighted by molar-refractivity contribution is 0.00320. The second-order valence-corrected chi connectivity index (χ2v) is 5.14. The number of aromatic nitrogens is 1. The average molecular weight is 287 g/mol. The molecular formula is C13H19ClN2O3. The molecule has 3 N–H and O–H groups in total. The molecule has 5 nitrogen and oxygen atoms in total. The average Bonchev–Trinajstić information content (AvgIpc) is 2.36. The normalized spacial score (nSPS) is 13.9. The summed E-state index contributed by atoms with van der Waals surface area (Å²) in [5, 5.41) is 21.3. The van der Waals surface area contributed by atoms with Crippen molar-refractivity contribution in [1.82, 2.24) is 10.3 Å². The first-order valence-corrected chi connectivity index (χ1v) is 6.53. The van der Waals surface area contributed by atoms with Gasteiger partial charge in [-0.3, -0.25) is 4.79 Å². The molecule has 0 saturated carbocycles. The minimum absolute atomic E-state index is 0.0363. The summed E-state index contributed by atoms with van der Waals surface area (Å²) < 4.78 is 0. The van der Waals surface area contributed by atoms with Crippen LogP contribution in [0.1, 0.15) is 36.3 Å². The molecule has 1 aromatic heterocycles. The monoisotopic (exact) mass is 286 g/mol. The van der Waals surface area contributed by atoms with Gasteiger partial charge in [0.05, 0.1) is 6.61 Å². The number of nitrogens with one attached hydrogen (secondary N) is 1. The predicted molar refractivity (Wildman–Crippen MR) is 73.3 cm³/mol. The van der Waals surface area contributed by atoms with Crippen LogP contribution in [0.2, 0.25) is 5.15 Å². The van der Waals surface area contributed by atoms with E-state index in [1.54, 1.807) is 6.07 Å². The highest BCUT2D eigenvalue weighted by atomic mass is 35.5. The minimum atomic E-state index is -1.33. The molecule has 0 aliphatic rings. The molecule has 1 unspecified atom stereocenters. The zero-order valence-corrected chi connectivity index (χ0v) is 11.9. The van der Waals surface area contributed by atoms with Gasteiger partial charge < -0.3 is 15.5 Å². The second-order valence-electron chi connectivity index (χ2n) is 4.76. The van der Waals surface area contributed by atoms with Crippen LogP contribution in [0, 0.1) is 0 Å². The Morgan fingerprint density at radius 2 is 2.21 bits per heavy atom. The van der Waals surface area contributed by atoms with Gasteiger partial charge in [0.15, 0.2) is 0 Å². The van der Waals surface area contributed by atoms with Gasteiger partial charge in [-0.2, -0.15) is 0 Å². The molecule has 0 fully saturated rings. The summed E-state index contributed by atoms with van der Waals surface area (Å²) in [6.45, 7) is 2.99. The maximum Gasteiger partial charge on any atom is 0.251 e. The first-order valence-electron chi connectivity index (χ1n) is 6.16. The number of carbonyl (C=O) groups is 1. The van der Waals surface area contributed by atoms with Crippen LogP contribution in [0.4, 0.5) is 0 Å². The molecule has 1 heterocycles. The third-order valence-corrected chi connectivity index (χ3v) is 2.78. The molecule has 19 heavy (non-hydrogen) atoms. The third kappa shape index (κ3) is 5.14. The highest BCUT2D eigenvalue weighted by Gasteiger charge is 2.20. The number of amides is 1. The molecule has 0 aliphatic heterocycles. The van der Waals surface area contributed by atoms with Gasteiger partial charge in [-0.15, -0.1) is 0 Å². The maximum absolute atomic E-state index is 11.9. The van der Waals surface area contributed by atoms with Crippen molar-refractivity contribution >= 4 is 17.5 Å². The van der Waals surface area contributed by atoms with E-state index in [2.05, 4.69) is 10.3 Å². The Labute approximate surface area is 117 Å². The summed E-state index contributed by atoms with van der Waals surface area (Å²) in [6, 6.07) is 3.15. The summed E-state index contributed by atoms with van der Waals surface area (Å²) in [5.74, 6) is -0.352. The quantitative estimate of drug-likeness (QED) is 0.686. The molecule has 0 aliphatic carbocycles. The van der Waals surface area contributed by atoms with Gasteiger partial charge in [0, 0.05) is 17.8 Å². The van der Waals surface area contributed by atoms with Crippen molar-refractivity contribution in [3.8, 4) is 0 Å². The van der Waals surface area contributed by atoms with E-state index in [0.717, 1.165) is 18.5 Å². The summed E-state index contributed by atoms with van der Waals surface area (Å²) in [4.78, 5) is 16.1. The number of aryl methyl sites for hydroxylation is 1. The first kappa shape index (κ1) is 15.9. The number of rotatable bonds is 6. The molecule has 1 aromatic rings. The van der Waals surface area contributed by atoms with Crippen LogP contribution in [0.3, 0.4) is 0 Å². The van der Waals surface area contributed by atoms with Crippen LogP contribution < -0.4 is 5.32 Å². The van der Waals surface area contributed by atoms with Crippen molar-refractivity contribution in [3.05, 3.63) is 28.5 Å². The van der Waals surface area contributed by atoms with Crippen molar-refractivity contribution in [2.75, 3.05) is 13.2 Å². The Kier molecular flexibility index (Phi) is 5.72. The number of hydrogen-bond donors (Lipinski definition) is 3. The lowest BCUT2D eigenvalue weighted by Crippen LogP contribution is -2.43. The van der Waals surface area contributed by atoms with E-state index in [1.165, 1.54) is 13.0 Å². The zero-order valence-electron chi connectivity index (χ0n) is 11.1. The Morgan fingerprint density at radius 3 is 2.79 bits per heavy atom. The third-order valence-electron chi connectivity index (χ3n) is 2.59. The number of nitrogens with zero attached hydrogens (tertiary/aromatic N) is 1. The molecule has 1 rings (SSSR count). The number of aliphatic hydroxyl groups is 2. The fraction of sp³-hybridized carbons (Fsp3) is 0.538. The van der Waals surface area contributed by atoms with Crippen molar-refractivity contribution in [2.24, 2.45) is 0 Å². The van der Waals surface area contributed by atoms with E-state index in [9.17, 15) is 9.90 Å². The van der Waals surface area contributed by atoms with Gasteiger partial charge in [-0.05, 0) is 25.5 Å². The van der Waals surface area contributed by atoms with Crippen LogP contribution in [-0.4, -0.2) is 39.9 Å². The van der Waals surface area contributed by atoms with Gasteiger partial charge in [0.1, 0.15) is 10.8 Å². The SMILES string of the molecule is CCCc1cc(C(=O)NCC(C)(O)CO)cc(Cl)n1. The Bertz CT molecular complexity index is 450. The van der Waals surface area contributed by atoms with Crippen LogP contribution >= 0.6 is 11.6 Å². The number of halogens is 1. The van der Waals surface area contributed by atoms with E-state index in [-0.39, 0.29) is 17.6 Å². The lowest BCUT2D eigenvalue weighted by Gasteiger charge is -2.20. The number of carbonyl (C=O) groups excluding carboxylic acids is 1. The van der Waals surface area contributed by atoms with Crippen LogP contribution in [-0.2, 0) is 6.42 Å². The molecule has 0 aromatic carbocycles. The Balaban J connectivity index is 2.76. The highest BCUT2D eigenvalue weighted by Crippen LogP contribution is 2.12. The largest absolute Gasteiger partial charge is 0.393 e.